The number of aromatic amines is 2. The Morgan fingerprint density at radius 2 is 1.95 bits per heavy atom. The van der Waals surface area contributed by atoms with Crippen molar-refractivity contribution in [3.63, 3.8) is 0 Å². The van der Waals surface area contributed by atoms with Crippen LogP contribution in [0.5, 0.6) is 17.4 Å². The van der Waals surface area contributed by atoms with E-state index in [9.17, 15) is 9.90 Å². The topological polar surface area (TPSA) is 112 Å². The lowest BCUT2D eigenvalue weighted by molar-refractivity contribution is 0.404. The number of hydrogen-bond acceptors (Lipinski definition) is 7. The molecule has 110 valence electrons. The zero-order valence-corrected chi connectivity index (χ0v) is 12.0. The van der Waals surface area contributed by atoms with Gasteiger partial charge in [0.05, 0.1) is 14.2 Å². The van der Waals surface area contributed by atoms with E-state index < -0.39 is 11.4 Å². The lowest BCUT2D eigenvalue weighted by atomic mass is 10.3. The predicted molar refractivity (Wildman–Crippen MR) is 77.6 cm³/mol. The zero-order chi connectivity index (χ0) is 15.4. The monoisotopic (exact) mass is 308 g/mol. The number of nitrogens with zero attached hydrogens (tertiary/aromatic N) is 2. The molecule has 2 rings (SSSR count). The van der Waals surface area contributed by atoms with Crippen LogP contribution >= 0.6 is 12.2 Å². The highest BCUT2D eigenvalue weighted by Crippen LogP contribution is 2.33. The molecule has 21 heavy (non-hydrogen) atoms. The summed E-state index contributed by atoms with van der Waals surface area (Å²) in [6.45, 7) is 0. The molecule has 0 aliphatic heterocycles. The molecule has 0 saturated heterocycles. The number of aromatic nitrogens is 2. The van der Waals surface area contributed by atoms with E-state index in [2.05, 4.69) is 20.2 Å². The van der Waals surface area contributed by atoms with Gasteiger partial charge in [0.15, 0.2) is 4.77 Å². The van der Waals surface area contributed by atoms with Crippen LogP contribution in [0.25, 0.3) is 0 Å². The van der Waals surface area contributed by atoms with Gasteiger partial charge in [-0.15, -0.1) is 10.2 Å². The minimum Gasteiger partial charge on any atom is -0.497 e. The fourth-order valence-electron chi connectivity index (χ4n) is 1.54. The number of rotatable bonds is 4. The van der Waals surface area contributed by atoms with E-state index in [1.807, 2.05) is 0 Å². The summed E-state index contributed by atoms with van der Waals surface area (Å²) in [7, 11) is 2.99. The molecule has 0 bridgehead atoms. The predicted octanol–water partition coefficient (Wildman–Crippen LogP) is 2.57. The number of hydrogen-bond donors (Lipinski definition) is 3. The van der Waals surface area contributed by atoms with Gasteiger partial charge < -0.3 is 19.6 Å². The molecule has 1 aromatic heterocycles. The maximum Gasteiger partial charge on any atom is 0.283 e. The normalized spacial score (nSPS) is 10.8. The summed E-state index contributed by atoms with van der Waals surface area (Å²) in [6.07, 6.45) is 0. The number of ether oxygens (including phenoxy) is 2. The fourth-order valence-corrected chi connectivity index (χ4v) is 1.73. The molecule has 0 saturated carbocycles. The highest BCUT2D eigenvalue weighted by Gasteiger charge is 2.08. The molecule has 0 aliphatic rings. The zero-order valence-electron chi connectivity index (χ0n) is 11.2. The molecular formula is C12H12N4O4S. The van der Waals surface area contributed by atoms with Crippen molar-refractivity contribution in [2.45, 2.75) is 0 Å². The SMILES string of the molecule is COc1ccc(OC)c(N=Nc2c(O)[nH]c(=S)[nH]c2=O)c1. The number of nitrogens with one attached hydrogen (secondary N) is 2. The number of azo groups is 1. The number of benzene rings is 1. The van der Waals surface area contributed by atoms with Crippen LogP contribution in [0.3, 0.4) is 0 Å². The molecule has 0 aliphatic carbocycles. The lowest BCUT2D eigenvalue weighted by Gasteiger charge is -2.05. The summed E-state index contributed by atoms with van der Waals surface area (Å²) in [4.78, 5) is 16.3. The van der Waals surface area contributed by atoms with Crippen LogP contribution in [0.4, 0.5) is 11.4 Å². The van der Waals surface area contributed by atoms with Crippen LogP contribution in [-0.4, -0.2) is 29.3 Å². The van der Waals surface area contributed by atoms with E-state index in [4.69, 9.17) is 21.7 Å². The first-order valence-corrected chi connectivity index (χ1v) is 6.15. The largest absolute Gasteiger partial charge is 0.497 e. The molecule has 0 fully saturated rings. The molecular weight excluding hydrogens is 296 g/mol. The van der Waals surface area contributed by atoms with Crippen molar-refractivity contribution >= 4 is 23.6 Å². The second-order valence-electron chi connectivity index (χ2n) is 3.84. The number of aromatic hydroxyl groups is 1. The Balaban J connectivity index is 2.47. The molecule has 1 aromatic carbocycles. The van der Waals surface area contributed by atoms with Gasteiger partial charge in [-0.05, 0) is 24.4 Å². The summed E-state index contributed by atoms with van der Waals surface area (Å²) in [5.41, 5.74) is -0.589. The van der Waals surface area contributed by atoms with E-state index in [1.54, 1.807) is 18.2 Å². The van der Waals surface area contributed by atoms with Crippen molar-refractivity contribution in [2.75, 3.05) is 14.2 Å². The first kappa shape index (κ1) is 14.7. The number of H-pyrrole nitrogens is 2. The van der Waals surface area contributed by atoms with Crippen LogP contribution in [0, 0.1) is 4.77 Å². The highest BCUT2D eigenvalue weighted by atomic mass is 32.1. The van der Waals surface area contributed by atoms with Gasteiger partial charge in [0.25, 0.3) is 5.56 Å². The Hall–Kier alpha value is -2.68. The maximum absolute atomic E-state index is 11.6. The second-order valence-corrected chi connectivity index (χ2v) is 4.25. The van der Waals surface area contributed by atoms with Gasteiger partial charge >= 0.3 is 0 Å². The van der Waals surface area contributed by atoms with Gasteiger partial charge in [-0.1, -0.05) is 0 Å². The Morgan fingerprint density at radius 1 is 1.19 bits per heavy atom. The van der Waals surface area contributed by atoms with Crippen molar-refractivity contribution in [3.8, 4) is 17.4 Å². The van der Waals surface area contributed by atoms with Crippen molar-refractivity contribution in [3.05, 3.63) is 33.3 Å². The minimum atomic E-state index is -0.651. The van der Waals surface area contributed by atoms with Crippen LogP contribution < -0.4 is 15.0 Å². The molecule has 3 N–H and O–H groups in total. The summed E-state index contributed by atoms with van der Waals surface area (Å²) < 4.78 is 10.2. The summed E-state index contributed by atoms with van der Waals surface area (Å²) in [5, 5.41) is 17.2. The van der Waals surface area contributed by atoms with Crippen LogP contribution in [-0.2, 0) is 0 Å². The summed E-state index contributed by atoms with van der Waals surface area (Å²) >= 11 is 4.72. The Bertz CT molecular complexity index is 797. The van der Waals surface area contributed by atoms with Gasteiger partial charge in [0.2, 0.25) is 11.6 Å². The van der Waals surface area contributed by atoms with E-state index in [0.717, 1.165) is 0 Å². The van der Waals surface area contributed by atoms with Gasteiger partial charge in [0.1, 0.15) is 17.2 Å². The molecule has 9 heteroatoms. The van der Waals surface area contributed by atoms with Gasteiger partial charge in [-0.25, -0.2) is 0 Å². The first-order chi connectivity index (χ1) is 10.0. The lowest BCUT2D eigenvalue weighted by Crippen LogP contribution is -2.06. The molecule has 0 unspecified atom stereocenters. The Labute approximate surface area is 124 Å². The third-order valence-corrected chi connectivity index (χ3v) is 2.75. The van der Waals surface area contributed by atoms with Crippen LogP contribution in [0.15, 0.2) is 33.2 Å². The van der Waals surface area contributed by atoms with Gasteiger partial charge in [0, 0.05) is 6.07 Å². The molecule has 0 radical (unpaired) electrons. The van der Waals surface area contributed by atoms with Crippen molar-refractivity contribution in [1.29, 1.82) is 0 Å². The Kier molecular flexibility index (Phi) is 4.33. The van der Waals surface area contributed by atoms with Crippen LogP contribution in [0.1, 0.15) is 0 Å². The smallest absolute Gasteiger partial charge is 0.283 e. The second kappa shape index (κ2) is 6.18. The molecule has 1 heterocycles. The average Bonchev–Trinajstić information content (AvgIpc) is 2.45. The first-order valence-electron chi connectivity index (χ1n) is 5.74. The Morgan fingerprint density at radius 3 is 2.57 bits per heavy atom. The molecule has 0 amide bonds. The standard InChI is InChI=1S/C12H12N4O4S/c1-19-6-3-4-8(20-2)7(5-6)15-16-9-10(17)13-12(21)14-11(9)18/h3-5H,1-2H3,(H3,13,14,17,18,21). The third-order valence-electron chi connectivity index (χ3n) is 2.54. The number of methoxy groups -OCH3 is 2. The van der Waals surface area contributed by atoms with Gasteiger partial charge in [-0.3, -0.25) is 9.78 Å². The summed E-state index contributed by atoms with van der Waals surface area (Å²) in [6, 6.07) is 4.93. The quantitative estimate of drug-likeness (QED) is 0.593. The third kappa shape index (κ3) is 3.26. The van der Waals surface area contributed by atoms with Crippen molar-refractivity contribution < 1.29 is 14.6 Å². The molecule has 8 nitrogen and oxygen atoms in total. The van der Waals surface area contributed by atoms with E-state index >= 15 is 0 Å². The minimum absolute atomic E-state index is 0.00425. The molecule has 0 spiro atoms. The van der Waals surface area contributed by atoms with Gasteiger partial charge in [-0.2, -0.15) is 0 Å². The van der Waals surface area contributed by atoms with Crippen LogP contribution in [0.2, 0.25) is 0 Å². The molecule has 0 atom stereocenters. The van der Waals surface area contributed by atoms with E-state index in [-0.39, 0.29) is 10.5 Å². The average molecular weight is 308 g/mol. The van der Waals surface area contributed by atoms with Crippen molar-refractivity contribution in [1.82, 2.24) is 9.97 Å². The summed E-state index contributed by atoms with van der Waals surface area (Å²) in [5.74, 6) is 0.532. The maximum atomic E-state index is 11.6. The fraction of sp³-hybridized carbons (Fsp3) is 0.167. The van der Waals surface area contributed by atoms with E-state index in [0.29, 0.717) is 17.2 Å². The van der Waals surface area contributed by atoms with Crippen molar-refractivity contribution in [2.24, 2.45) is 10.2 Å². The highest BCUT2D eigenvalue weighted by molar-refractivity contribution is 7.71. The van der Waals surface area contributed by atoms with E-state index in [1.165, 1.54) is 14.2 Å². The molecule has 2 aromatic rings.